The zero-order chi connectivity index (χ0) is 18.8. The highest BCUT2D eigenvalue weighted by Gasteiger charge is 2.06. The lowest BCUT2D eigenvalue weighted by atomic mass is 10.2. The third-order valence-electron chi connectivity index (χ3n) is 3.56. The van der Waals surface area contributed by atoms with Gasteiger partial charge in [-0.15, -0.1) is 0 Å². The first kappa shape index (κ1) is 19.5. The highest BCUT2D eigenvalue weighted by atomic mass is 19.1. The lowest BCUT2D eigenvalue weighted by molar-refractivity contribution is -0.111. The van der Waals surface area contributed by atoms with Crippen LogP contribution in [0.4, 0.5) is 10.1 Å². The van der Waals surface area contributed by atoms with Gasteiger partial charge >= 0.3 is 0 Å². The Morgan fingerprint density at radius 2 is 1.85 bits per heavy atom. The number of halogens is 1. The smallest absolute Gasteiger partial charge is 0.248 e. The first-order valence-corrected chi connectivity index (χ1v) is 8.76. The van der Waals surface area contributed by atoms with Gasteiger partial charge in [0.2, 0.25) is 5.91 Å². The van der Waals surface area contributed by atoms with E-state index in [4.69, 9.17) is 9.47 Å². The van der Waals surface area contributed by atoms with Crippen molar-refractivity contribution < 1.29 is 18.7 Å². The Labute approximate surface area is 153 Å². The Morgan fingerprint density at radius 3 is 2.54 bits per heavy atom. The fourth-order valence-corrected chi connectivity index (χ4v) is 2.23. The molecular formula is C21H24FNO3. The fraction of sp³-hybridized carbons (Fsp3) is 0.286. The van der Waals surface area contributed by atoms with Gasteiger partial charge in [-0.2, -0.15) is 0 Å². The molecule has 0 saturated carbocycles. The maximum atomic E-state index is 12.9. The monoisotopic (exact) mass is 357 g/mol. The lowest BCUT2D eigenvalue weighted by Gasteiger charge is -2.12. The van der Waals surface area contributed by atoms with Crippen molar-refractivity contribution in [2.24, 2.45) is 0 Å². The zero-order valence-corrected chi connectivity index (χ0v) is 15.1. The molecule has 0 aliphatic rings. The van der Waals surface area contributed by atoms with E-state index in [1.807, 2.05) is 25.1 Å². The third-order valence-corrected chi connectivity index (χ3v) is 3.56. The van der Waals surface area contributed by atoms with Crippen LogP contribution in [0.2, 0.25) is 0 Å². The highest BCUT2D eigenvalue weighted by molar-refractivity contribution is 6.01. The zero-order valence-electron chi connectivity index (χ0n) is 15.1. The molecule has 2 aromatic carbocycles. The van der Waals surface area contributed by atoms with Crippen LogP contribution in [-0.2, 0) is 4.79 Å². The first-order chi connectivity index (χ1) is 12.6. The van der Waals surface area contributed by atoms with Crippen LogP contribution in [-0.4, -0.2) is 19.1 Å². The summed E-state index contributed by atoms with van der Waals surface area (Å²) in [6.07, 6.45) is 5.16. The summed E-state index contributed by atoms with van der Waals surface area (Å²) in [5.74, 6) is 0.721. The summed E-state index contributed by atoms with van der Waals surface area (Å²) >= 11 is 0. The fourth-order valence-electron chi connectivity index (χ4n) is 2.23. The van der Waals surface area contributed by atoms with Crippen LogP contribution in [0.5, 0.6) is 11.5 Å². The summed E-state index contributed by atoms with van der Waals surface area (Å²) in [6, 6.07) is 11.2. The maximum Gasteiger partial charge on any atom is 0.248 e. The molecule has 0 aromatic heterocycles. The number of unbranched alkanes of at least 4 members (excludes halogenated alkanes) is 1. The molecular weight excluding hydrogens is 333 g/mol. The number of carbonyl (C=O) groups excluding carboxylic acids is 1. The molecule has 2 rings (SSSR count). The molecule has 0 atom stereocenters. The van der Waals surface area contributed by atoms with E-state index in [0.29, 0.717) is 30.4 Å². The Morgan fingerprint density at radius 1 is 1.08 bits per heavy atom. The second-order valence-electron chi connectivity index (χ2n) is 5.67. The molecule has 4 nitrogen and oxygen atoms in total. The van der Waals surface area contributed by atoms with Crippen molar-refractivity contribution >= 4 is 17.7 Å². The summed E-state index contributed by atoms with van der Waals surface area (Å²) in [6.45, 7) is 5.19. The molecule has 138 valence electrons. The topological polar surface area (TPSA) is 47.6 Å². The average molecular weight is 357 g/mol. The number of ether oxygens (including phenoxy) is 2. The number of carbonyl (C=O) groups is 1. The number of anilines is 1. The minimum absolute atomic E-state index is 0.294. The molecule has 2 aromatic rings. The van der Waals surface area contributed by atoms with Gasteiger partial charge in [0.15, 0.2) is 11.5 Å². The van der Waals surface area contributed by atoms with Crippen LogP contribution < -0.4 is 14.8 Å². The molecule has 5 heteroatoms. The predicted octanol–water partition coefficient (Wildman–Crippen LogP) is 5.06. The molecule has 0 bridgehead atoms. The summed E-state index contributed by atoms with van der Waals surface area (Å²) in [4.78, 5) is 12.0. The second-order valence-corrected chi connectivity index (χ2v) is 5.67. The van der Waals surface area contributed by atoms with E-state index < -0.39 is 0 Å². The van der Waals surface area contributed by atoms with Gasteiger partial charge in [0.1, 0.15) is 5.82 Å². The van der Waals surface area contributed by atoms with E-state index in [2.05, 4.69) is 12.2 Å². The van der Waals surface area contributed by atoms with Crippen LogP contribution in [0.3, 0.4) is 0 Å². The quantitative estimate of drug-likeness (QED) is 0.504. The molecule has 26 heavy (non-hydrogen) atoms. The Balaban J connectivity index is 2.02. The molecule has 0 aliphatic carbocycles. The third kappa shape index (κ3) is 6.24. The second kappa shape index (κ2) is 10.2. The van der Waals surface area contributed by atoms with Crippen LogP contribution in [0.1, 0.15) is 32.3 Å². The molecule has 1 amide bonds. The van der Waals surface area contributed by atoms with E-state index in [1.54, 1.807) is 6.08 Å². The number of amides is 1. The van der Waals surface area contributed by atoms with Gasteiger partial charge in [-0.25, -0.2) is 4.39 Å². The van der Waals surface area contributed by atoms with Crippen molar-refractivity contribution in [2.75, 3.05) is 18.5 Å². The largest absolute Gasteiger partial charge is 0.490 e. The van der Waals surface area contributed by atoms with E-state index in [9.17, 15) is 9.18 Å². The molecule has 1 N–H and O–H groups in total. The first-order valence-electron chi connectivity index (χ1n) is 8.76. The molecule has 0 fully saturated rings. The minimum atomic E-state index is -0.344. The van der Waals surface area contributed by atoms with E-state index in [1.165, 1.54) is 30.3 Å². The van der Waals surface area contributed by atoms with Crippen LogP contribution in [0.25, 0.3) is 6.08 Å². The molecule has 0 spiro atoms. The number of hydrogen-bond acceptors (Lipinski definition) is 3. The Kier molecular flexibility index (Phi) is 7.68. The van der Waals surface area contributed by atoms with Crippen molar-refractivity contribution in [2.45, 2.75) is 26.7 Å². The predicted molar refractivity (Wildman–Crippen MR) is 102 cm³/mol. The van der Waals surface area contributed by atoms with Crippen molar-refractivity contribution in [3.63, 3.8) is 0 Å². The van der Waals surface area contributed by atoms with Crippen LogP contribution in [0, 0.1) is 5.82 Å². The van der Waals surface area contributed by atoms with Gasteiger partial charge in [-0.3, -0.25) is 4.79 Å². The number of nitrogens with one attached hydrogen (secondary N) is 1. The van der Waals surface area contributed by atoms with Crippen LogP contribution >= 0.6 is 0 Å². The molecule has 0 unspecified atom stereocenters. The minimum Gasteiger partial charge on any atom is -0.490 e. The van der Waals surface area contributed by atoms with Crippen molar-refractivity contribution in [3.05, 3.63) is 59.9 Å². The Bertz CT molecular complexity index is 741. The standard InChI is InChI=1S/C21H24FNO3/c1-3-5-14-26-19-12-6-16(15-20(19)25-4-2)7-13-21(24)23-18-10-8-17(22)9-11-18/h6-13,15H,3-5,14H2,1-2H3,(H,23,24)/b13-7+. The van der Waals surface area contributed by atoms with Crippen molar-refractivity contribution in [3.8, 4) is 11.5 Å². The van der Waals surface area contributed by atoms with Gasteiger partial charge < -0.3 is 14.8 Å². The molecule has 0 aliphatic heterocycles. The van der Waals surface area contributed by atoms with E-state index in [0.717, 1.165) is 18.4 Å². The molecule has 0 radical (unpaired) electrons. The van der Waals surface area contributed by atoms with Gasteiger partial charge in [-0.05, 0) is 61.4 Å². The lowest BCUT2D eigenvalue weighted by Crippen LogP contribution is -2.07. The number of rotatable bonds is 9. The normalized spacial score (nSPS) is 10.7. The average Bonchev–Trinajstić information content (AvgIpc) is 2.64. The maximum absolute atomic E-state index is 12.9. The Hall–Kier alpha value is -2.82. The summed E-state index contributed by atoms with van der Waals surface area (Å²) < 4.78 is 24.2. The summed E-state index contributed by atoms with van der Waals surface area (Å²) in [5, 5.41) is 2.68. The SMILES string of the molecule is CCCCOc1ccc(/C=C/C(=O)Nc2ccc(F)cc2)cc1OCC. The van der Waals surface area contributed by atoms with Crippen molar-refractivity contribution in [1.29, 1.82) is 0 Å². The highest BCUT2D eigenvalue weighted by Crippen LogP contribution is 2.29. The molecule has 0 heterocycles. The van der Waals surface area contributed by atoms with Crippen LogP contribution in [0.15, 0.2) is 48.5 Å². The van der Waals surface area contributed by atoms with Crippen molar-refractivity contribution in [1.82, 2.24) is 0 Å². The summed E-state index contributed by atoms with van der Waals surface area (Å²) in [7, 11) is 0. The van der Waals surface area contributed by atoms with E-state index in [-0.39, 0.29) is 11.7 Å². The van der Waals surface area contributed by atoms with Gasteiger partial charge in [0.25, 0.3) is 0 Å². The van der Waals surface area contributed by atoms with Gasteiger partial charge in [-0.1, -0.05) is 19.4 Å². The van der Waals surface area contributed by atoms with Gasteiger partial charge in [0, 0.05) is 11.8 Å². The number of hydrogen-bond donors (Lipinski definition) is 1. The summed E-state index contributed by atoms with van der Waals surface area (Å²) in [5.41, 5.74) is 1.36. The molecule has 0 saturated heterocycles. The van der Waals surface area contributed by atoms with E-state index >= 15 is 0 Å². The number of benzene rings is 2. The van der Waals surface area contributed by atoms with Gasteiger partial charge in [0.05, 0.1) is 13.2 Å².